The lowest BCUT2D eigenvalue weighted by atomic mass is 10.1. The Balaban J connectivity index is 2.56. The average molecular weight is 321 g/mol. The summed E-state index contributed by atoms with van der Waals surface area (Å²) in [5, 5.41) is 10.1. The molecular formula is C11H10Cl2F4O2. The topological polar surface area (TPSA) is 29.5 Å². The van der Waals surface area contributed by atoms with E-state index < -0.39 is 31.7 Å². The fourth-order valence-electron chi connectivity index (χ4n) is 1.23. The standard InChI is InChI=1S/C11H10Cl2F4O2/c12-6-1-2-8(13)7(3-6)9(18)4-19-5-11(16,17)10(14)15/h1-3,9-10,18H,4-5H2. The summed E-state index contributed by atoms with van der Waals surface area (Å²) in [5.74, 6) is -4.25. The van der Waals surface area contributed by atoms with Gasteiger partial charge < -0.3 is 9.84 Å². The molecule has 0 saturated heterocycles. The van der Waals surface area contributed by atoms with E-state index in [1.54, 1.807) is 0 Å². The van der Waals surface area contributed by atoms with Gasteiger partial charge in [0.2, 0.25) is 0 Å². The predicted molar refractivity (Wildman–Crippen MR) is 63.2 cm³/mol. The van der Waals surface area contributed by atoms with Crippen molar-refractivity contribution in [3.63, 3.8) is 0 Å². The molecule has 1 unspecified atom stereocenters. The zero-order chi connectivity index (χ0) is 14.6. The lowest BCUT2D eigenvalue weighted by Crippen LogP contribution is -2.33. The fraction of sp³-hybridized carbons (Fsp3) is 0.455. The van der Waals surface area contributed by atoms with Gasteiger partial charge in [-0.2, -0.15) is 8.78 Å². The van der Waals surface area contributed by atoms with E-state index in [0.29, 0.717) is 0 Å². The van der Waals surface area contributed by atoms with Gasteiger partial charge in [0.1, 0.15) is 12.7 Å². The molecule has 0 saturated carbocycles. The fourth-order valence-corrected chi connectivity index (χ4v) is 1.65. The Morgan fingerprint density at radius 2 is 1.89 bits per heavy atom. The van der Waals surface area contributed by atoms with Gasteiger partial charge >= 0.3 is 12.3 Å². The highest BCUT2D eigenvalue weighted by molar-refractivity contribution is 6.33. The van der Waals surface area contributed by atoms with Crippen LogP contribution >= 0.6 is 23.2 Å². The van der Waals surface area contributed by atoms with Crippen molar-refractivity contribution in [2.75, 3.05) is 13.2 Å². The van der Waals surface area contributed by atoms with Crippen molar-refractivity contribution in [3.05, 3.63) is 33.8 Å². The Labute approximate surface area is 116 Å². The molecule has 0 spiro atoms. The number of rotatable bonds is 6. The minimum atomic E-state index is -4.25. The summed E-state index contributed by atoms with van der Waals surface area (Å²) >= 11 is 11.4. The predicted octanol–water partition coefficient (Wildman–Crippen LogP) is 3.94. The third-order valence-electron chi connectivity index (χ3n) is 2.21. The highest BCUT2D eigenvalue weighted by atomic mass is 35.5. The highest BCUT2D eigenvalue weighted by Crippen LogP contribution is 2.28. The first-order chi connectivity index (χ1) is 8.74. The summed E-state index contributed by atoms with van der Waals surface area (Å²) in [5.41, 5.74) is 0.175. The number of hydrogen-bond donors (Lipinski definition) is 1. The van der Waals surface area contributed by atoms with Gasteiger partial charge in [0.15, 0.2) is 0 Å². The average Bonchev–Trinajstić information content (AvgIpc) is 2.31. The lowest BCUT2D eigenvalue weighted by molar-refractivity contribution is -0.170. The second-order valence-corrected chi connectivity index (χ2v) is 4.60. The number of aliphatic hydroxyl groups is 1. The van der Waals surface area contributed by atoms with Gasteiger partial charge in [-0.05, 0) is 18.2 Å². The van der Waals surface area contributed by atoms with E-state index in [0.717, 1.165) is 0 Å². The van der Waals surface area contributed by atoms with Crippen molar-refractivity contribution in [1.29, 1.82) is 0 Å². The van der Waals surface area contributed by atoms with Crippen LogP contribution in [0.3, 0.4) is 0 Å². The molecule has 0 bridgehead atoms. The second-order valence-electron chi connectivity index (χ2n) is 3.76. The molecule has 0 aliphatic heterocycles. The van der Waals surface area contributed by atoms with E-state index in [-0.39, 0.29) is 15.6 Å². The maximum absolute atomic E-state index is 12.5. The van der Waals surface area contributed by atoms with Crippen LogP contribution in [-0.2, 0) is 4.74 Å². The molecule has 1 rings (SSSR count). The SMILES string of the molecule is OC(COCC(F)(F)C(F)F)c1cc(Cl)ccc1Cl. The van der Waals surface area contributed by atoms with E-state index in [4.69, 9.17) is 23.2 Å². The Morgan fingerprint density at radius 1 is 1.26 bits per heavy atom. The molecule has 0 radical (unpaired) electrons. The number of halogens is 6. The van der Waals surface area contributed by atoms with Gasteiger partial charge in [-0.3, -0.25) is 0 Å². The van der Waals surface area contributed by atoms with Crippen LogP contribution in [0, 0.1) is 0 Å². The summed E-state index contributed by atoms with van der Waals surface area (Å²) < 4.78 is 53.2. The van der Waals surface area contributed by atoms with Gasteiger partial charge in [0, 0.05) is 15.6 Å². The van der Waals surface area contributed by atoms with Crippen LogP contribution in [0.2, 0.25) is 10.0 Å². The molecular weight excluding hydrogens is 311 g/mol. The maximum atomic E-state index is 12.5. The highest BCUT2D eigenvalue weighted by Gasteiger charge is 2.41. The quantitative estimate of drug-likeness (QED) is 0.804. The Morgan fingerprint density at radius 3 is 2.47 bits per heavy atom. The van der Waals surface area contributed by atoms with Crippen molar-refractivity contribution in [2.45, 2.75) is 18.5 Å². The monoisotopic (exact) mass is 320 g/mol. The third kappa shape index (κ3) is 4.80. The van der Waals surface area contributed by atoms with Crippen LogP contribution in [0.15, 0.2) is 18.2 Å². The largest absolute Gasteiger partial charge is 0.386 e. The molecule has 0 amide bonds. The van der Waals surface area contributed by atoms with Crippen molar-refractivity contribution < 1.29 is 27.4 Å². The molecule has 0 heterocycles. The Bertz CT molecular complexity index is 429. The third-order valence-corrected chi connectivity index (χ3v) is 2.79. The van der Waals surface area contributed by atoms with Crippen molar-refractivity contribution in [1.82, 2.24) is 0 Å². The van der Waals surface area contributed by atoms with Crippen molar-refractivity contribution in [2.24, 2.45) is 0 Å². The van der Waals surface area contributed by atoms with E-state index >= 15 is 0 Å². The van der Waals surface area contributed by atoms with Crippen LogP contribution in [-0.4, -0.2) is 30.7 Å². The summed E-state index contributed by atoms with van der Waals surface area (Å²) in [4.78, 5) is 0. The molecule has 0 aromatic heterocycles. The smallest absolute Gasteiger partial charge is 0.330 e. The lowest BCUT2D eigenvalue weighted by Gasteiger charge is -2.18. The van der Waals surface area contributed by atoms with E-state index in [1.807, 2.05) is 0 Å². The van der Waals surface area contributed by atoms with Crippen LogP contribution < -0.4 is 0 Å². The molecule has 1 aromatic rings. The molecule has 108 valence electrons. The minimum absolute atomic E-state index is 0.168. The number of alkyl halides is 4. The molecule has 8 heteroatoms. The molecule has 19 heavy (non-hydrogen) atoms. The first kappa shape index (κ1) is 16.5. The summed E-state index contributed by atoms with van der Waals surface area (Å²) in [6.45, 7) is -2.08. The number of ether oxygens (including phenoxy) is 1. The van der Waals surface area contributed by atoms with Crippen LogP contribution in [0.5, 0.6) is 0 Å². The number of aliphatic hydroxyl groups excluding tert-OH is 1. The summed E-state index contributed by atoms with van der Waals surface area (Å²) in [6, 6.07) is 4.23. The van der Waals surface area contributed by atoms with Gasteiger partial charge in [-0.15, -0.1) is 0 Å². The van der Waals surface area contributed by atoms with Gasteiger partial charge in [0.25, 0.3) is 0 Å². The summed E-state index contributed by atoms with van der Waals surface area (Å²) in [7, 11) is 0. The van der Waals surface area contributed by atoms with Gasteiger partial charge in [-0.25, -0.2) is 8.78 Å². The van der Waals surface area contributed by atoms with Crippen LogP contribution in [0.25, 0.3) is 0 Å². The number of hydrogen-bond acceptors (Lipinski definition) is 2. The molecule has 0 aliphatic rings. The Kier molecular flexibility index (Phi) is 5.85. The van der Waals surface area contributed by atoms with Gasteiger partial charge in [-0.1, -0.05) is 23.2 Å². The second kappa shape index (κ2) is 6.74. The molecule has 1 atom stereocenters. The van der Waals surface area contributed by atoms with E-state index in [9.17, 15) is 22.7 Å². The van der Waals surface area contributed by atoms with Crippen LogP contribution in [0.1, 0.15) is 11.7 Å². The molecule has 0 fully saturated rings. The zero-order valence-corrected chi connectivity index (χ0v) is 10.9. The number of benzene rings is 1. The van der Waals surface area contributed by atoms with Gasteiger partial charge in [0.05, 0.1) is 6.61 Å². The molecule has 1 N–H and O–H groups in total. The minimum Gasteiger partial charge on any atom is -0.386 e. The Hall–Kier alpha value is -0.560. The molecule has 2 nitrogen and oxygen atoms in total. The van der Waals surface area contributed by atoms with E-state index in [2.05, 4.69) is 4.74 Å². The van der Waals surface area contributed by atoms with E-state index in [1.165, 1.54) is 18.2 Å². The summed E-state index contributed by atoms with van der Waals surface area (Å²) in [6.07, 6.45) is -5.15. The van der Waals surface area contributed by atoms with Crippen molar-refractivity contribution in [3.8, 4) is 0 Å². The van der Waals surface area contributed by atoms with Crippen LogP contribution in [0.4, 0.5) is 17.6 Å². The molecule has 1 aromatic carbocycles. The van der Waals surface area contributed by atoms with Crippen molar-refractivity contribution >= 4 is 23.2 Å². The maximum Gasteiger partial charge on any atom is 0.330 e. The zero-order valence-electron chi connectivity index (χ0n) is 9.42. The first-order valence-corrected chi connectivity index (χ1v) is 5.86. The normalized spacial score (nSPS) is 13.9. The molecule has 0 aliphatic carbocycles. The first-order valence-electron chi connectivity index (χ1n) is 5.11.